The molecule has 1 N–H and O–H groups in total. The van der Waals surface area contributed by atoms with Crippen LogP contribution in [0.3, 0.4) is 0 Å². The van der Waals surface area contributed by atoms with E-state index in [-0.39, 0.29) is 11.8 Å². The number of hydrogen-bond acceptors (Lipinski definition) is 5. The standard InChI is InChI=1S/C12H18N2O5S/c1-9-6-10(13-19-9)8-20(17,18)14(7-12(15)16)11-4-2-3-5-11/h6,11H,2-5,7-8H2,1H3,(H,15,16). The molecule has 0 radical (unpaired) electrons. The Morgan fingerprint density at radius 2 is 2.15 bits per heavy atom. The van der Waals surface area contributed by atoms with Gasteiger partial charge < -0.3 is 9.63 Å². The monoisotopic (exact) mass is 302 g/mol. The third-order valence-electron chi connectivity index (χ3n) is 3.39. The average Bonchev–Trinajstić information content (AvgIpc) is 2.97. The molecule has 0 atom stereocenters. The first-order valence-electron chi connectivity index (χ1n) is 6.52. The summed E-state index contributed by atoms with van der Waals surface area (Å²) in [7, 11) is -3.71. The molecule has 1 aliphatic rings. The lowest BCUT2D eigenvalue weighted by molar-refractivity contribution is -0.137. The molecule has 0 aliphatic heterocycles. The predicted molar refractivity (Wildman–Crippen MR) is 70.5 cm³/mol. The van der Waals surface area contributed by atoms with Gasteiger partial charge >= 0.3 is 5.97 Å². The van der Waals surface area contributed by atoms with Crippen molar-refractivity contribution in [3.05, 3.63) is 17.5 Å². The second-order valence-corrected chi connectivity index (χ2v) is 6.98. The number of carboxylic acid groups (broad SMARTS) is 1. The van der Waals surface area contributed by atoms with Crippen LogP contribution in [0.5, 0.6) is 0 Å². The Morgan fingerprint density at radius 1 is 1.50 bits per heavy atom. The first kappa shape index (κ1) is 15.0. The molecule has 1 aromatic rings. The minimum atomic E-state index is -3.71. The van der Waals surface area contributed by atoms with Crippen LogP contribution in [0, 0.1) is 6.92 Å². The maximum Gasteiger partial charge on any atom is 0.318 e. The number of rotatable bonds is 6. The van der Waals surface area contributed by atoms with E-state index in [1.165, 1.54) is 0 Å². The molecule has 0 spiro atoms. The van der Waals surface area contributed by atoms with Crippen molar-refractivity contribution in [2.75, 3.05) is 6.54 Å². The summed E-state index contributed by atoms with van der Waals surface area (Å²) in [5.41, 5.74) is 0.302. The van der Waals surface area contributed by atoms with Gasteiger partial charge in [0.25, 0.3) is 0 Å². The Kier molecular flexibility index (Phi) is 4.44. The van der Waals surface area contributed by atoms with E-state index in [1.807, 2.05) is 0 Å². The van der Waals surface area contributed by atoms with Crippen LogP contribution in [0.2, 0.25) is 0 Å². The molecule has 20 heavy (non-hydrogen) atoms. The number of aliphatic carboxylic acids is 1. The van der Waals surface area contributed by atoms with Crippen LogP contribution >= 0.6 is 0 Å². The molecule has 0 amide bonds. The van der Waals surface area contributed by atoms with Crippen LogP contribution in [0.4, 0.5) is 0 Å². The van der Waals surface area contributed by atoms with E-state index in [2.05, 4.69) is 5.16 Å². The molecule has 1 aliphatic carbocycles. The highest BCUT2D eigenvalue weighted by Crippen LogP contribution is 2.26. The maximum atomic E-state index is 12.4. The van der Waals surface area contributed by atoms with Crippen molar-refractivity contribution in [2.24, 2.45) is 0 Å². The van der Waals surface area contributed by atoms with E-state index >= 15 is 0 Å². The van der Waals surface area contributed by atoms with Gasteiger partial charge in [0.15, 0.2) is 0 Å². The third kappa shape index (κ3) is 3.57. The molecule has 0 bridgehead atoms. The summed E-state index contributed by atoms with van der Waals surface area (Å²) >= 11 is 0. The quantitative estimate of drug-likeness (QED) is 0.845. The van der Waals surface area contributed by atoms with Gasteiger partial charge in [-0.25, -0.2) is 8.42 Å². The Bertz CT molecular complexity index is 574. The van der Waals surface area contributed by atoms with Gasteiger partial charge in [0.05, 0.1) is 0 Å². The van der Waals surface area contributed by atoms with Crippen molar-refractivity contribution < 1.29 is 22.8 Å². The lowest BCUT2D eigenvalue weighted by Crippen LogP contribution is -2.42. The minimum Gasteiger partial charge on any atom is -0.480 e. The van der Waals surface area contributed by atoms with Crippen LogP contribution in [0.15, 0.2) is 10.6 Å². The number of nitrogens with zero attached hydrogens (tertiary/aromatic N) is 2. The highest BCUT2D eigenvalue weighted by atomic mass is 32.2. The molecule has 0 saturated heterocycles. The summed E-state index contributed by atoms with van der Waals surface area (Å²) < 4.78 is 30.8. The molecule has 1 fully saturated rings. The first-order valence-corrected chi connectivity index (χ1v) is 8.13. The third-order valence-corrected chi connectivity index (χ3v) is 5.19. The molecule has 8 heteroatoms. The van der Waals surface area contributed by atoms with Crippen LogP contribution in [0.1, 0.15) is 37.1 Å². The number of sulfonamides is 1. The van der Waals surface area contributed by atoms with Gasteiger partial charge in [-0.2, -0.15) is 4.31 Å². The zero-order valence-electron chi connectivity index (χ0n) is 11.3. The van der Waals surface area contributed by atoms with Crippen LogP contribution in [-0.4, -0.2) is 41.5 Å². The van der Waals surface area contributed by atoms with Crippen molar-refractivity contribution in [3.8, 4) is 0 Å². The summed E-state index contributed by atoms with van der Waals surface area (Å²) in [5, 5.41) is 12.6. The smallest absolute Gasteiger partial charge is 0.318 e. The number of aryl methyl sites for hydroxylation is 1. The zero-order chi connectivity index (χ0) is 14.8. The van der Waals surface area contributed by atoms with Gasteiger partial charge in [0.2, 0.25) is 10.0 Å². The lowest BCUT2D eigenvalue weighted by Gasteiger charge is -2.25. The largest absolute Gasteiger partial charge is 0.480 e. The van der Waals surface area contributed by atoms with Crippen LogP contribution in [0.25, 0.3) is 0 Å². The molecular formula is C12H18N2O5S. The van der Waals surface area contributed by atoms with Gasteiger partial charge in [0, 0.05) is 12.1 Å². The summed E-state index contributed by atoms with van der Waals surface area (Å²) in [6, 6.07) is 1.33. The number of aromatic nitrogens is 1. The lowest BCUT2D eigenvalue weighted by atomic mass is 10.2. The Balaban J connectivity index is 2.18. The molecule has 1 saturated carbocycles. The average molecular weight is 302 g/mol. The minimum absolute atomic E-state index is 0.218. The van der Waals surface area contributed by atoms with Gasteiger partial charge in [-0.3, -0.25) is 4.79 Å². The van der Waals surface area contributed by atoms with Gasteiger partial charge in [-0.15, -0.1) is 0 Å². The van der Waals surface area contributed by atoms with Gasteiger partial charge in [-0.1, -0.05) is 18.0 Å². The van der Waals surface area contributed by atoms with E-state index in [1.54, 1.807) is 13.0 Å². The summed E-state index contributed by atoms with van der Waals surface area (Å²) in [6.07, 6.45) is 3.29. The van der Waals surface area contributed by atoms with Crippen LogP contribution < -0.4 is 0 Å². The van der Waals surface area contributed by atoms with Crippen molar-refractivity contribution in [2.45, 2.75) is 44.4 Å². The molecular weight excluding hydrogens is 284 g/mol. The second kappa shape index (κ2) is 5.92. The first-order chi connectivity index (χ1) is 9.38. The Hall–Kier alpha value is -1.41. The van der Waals surface area contributed by atoms with E-state index in [4.69, 9.17) is 9.63 Å². The fourth-order valence-corrected chi connectivity index (χ4v) is 4.18. The Morgan fingerprint density at radius 3 is 2.65 bits per heavy atom. The fourth-order valence-electron chi connectivity index (χ4n) is 2.54. The van der Waals surface area contributed by atoms with Gasteiger partial charge in [0.1, 0.15) is 23.8 Å². The summed E-state index contributed by atoms with van der Waals surface area (Å²) in [5.74, 6) is -0.939. The molecule has 1 aromatic heterocycles. The Labute approximate surface area is 117 Å². The van der Waals surface area contributed by atoms with E-state index in [9.17, 15) is 13.2 Å². The van der Waals surface area contributed by atoms with E-state index in [0.29, 0.717) is 24.3 Å². The molecule has 0 aromatic carbocycles. The molecule has 2 rings (SSSR count). The predicted octanol–water partition coefficient (Wildman–Crippen LogP) is 1.14. The normalized spacial score (nSPS) is 16.9. The summed E-state index contributed by atoms with van der Waals surface area (Å²) in [4.78, 5) is 10.9. The number of hydrogen-bond donors (Lipinski definition) is 1. The van der Waals surface area contributed by atoms with Crippen molar-refractivity contribution >= 4 is 16.0 Å². The second-order valence-electron chi connectivity index (χ2n) is 5.06. The highest BCUT2D eigenvalue weighted by Gasteiger charge is 2.34. The van der Waals surface area contributed by atoms with E-state index in [0.717, 1.165) is 17.1 Å². The highest BCUT2D eigenvalue weighted by molar-refractivity contribution is 7.88. The molecule has 7 nitrogen and oxygen atoms in total. The molecule has 0 unspecified atom stereocenters. The van der Waals surface area contributed by atoms with Gasteiger partial charge in [-0.05, 0) is 19.8 Å². The summed E-state index contributed by atoms with van der Waals surface area (Å²) in [6.45, 7) is 1.18. The van der Waals surface area contributed by atoms with E-state index < -0.39 is 22.5 Å². The number of carbonyl (C=O) groups is 1. The molecule has 112 valence electrons. The fraction of sp³-hybridized carbons (Fsp3) is 0.667. The zero-order valence-corrected chi connectivity index (χ0v) is 12.1. The van der Waals surface area contributed by atoms with Crippen molar-refractivity contribution in [3.63, 3.8) is 0 Å². The van der Waals surface area contributed by atoms with Crippen LogP contribution in [-0.2, 0) is 20.6 Å². The topological polar surface area (TPSA) is 101 Å². The van der Waals surface area contributed by atoms with Crippen molar-refractivity contribution in [1.82, 2.24) is 9.46 Å². The number of carboxylic acids is 1. The maximum absolute atomic E-state index is 12.4. The SMILES string of the molecule is Cc1cc(CS(=O)(=O)N(CC(=O)O)C2CCCC2)no1. The van der Waals surface area contributed by atoms with Crippen molar-refractivity contribution in [1.29, 1.82) is 0 Å². The molecule has 1 heterocycles.